The van der Waals surface area contributed by atoms with Gasteiger partial charge in [-0.25, -0.2) is 4.68 Å². The smallest absolute Gasteiger partial charge is 0.162 e. The van der Waals surface area contributed by atoms with Crippen LogP contribution in [0, 0.1) is 13.8 Å². The van der Waals surface area contributed by atoms with Gasteiger partial charge in [0.05, 0.1) is 11.4 Å². The Labute approximate surface area is 101 Å². The molecule has 3 heteroatoms. The first-order chi connectivity index (χ1) is 8.11. The van der Waals surface area contributed by atoms with E-state index in [1.807, 2.05) is 55.8 Å². The van der Waals surface area contributed by atoms with E-state index in [1.165, 1.54) is 0 Å². The van der Waals surface area contributed by atoms with Crippen LogP contribution in [-0.2, 0) is 0 Å². The highest BCUT2D eigenvalue weighted by atomic mass is 16.1. The molecule has 0 fully saturated rings. The zero-order valence-electron chi connectivity index (χ0n) is 10.4. The van der Waals surface area contributed by atoms with Crippen molar-refractivity contribution in [2.24, 2.45) is 0 Å². The van der Waals surface area contributed by atoms with Crippen molar-refractivity contribution in [1.29, 1.82) is 0 Å². The Morgan fingerprint density at radius 2 is 2.06 bits per heavy atom. The van der Waals surface area contributed by atoms with Crippen LogP contribution in [-0.4, -0.2) is 15.6 Å². The summed E-state index contributed by atoms with van der Waals surface area (Å²) in [7, 11) is 0. The van der Waals surface area contributed by atoms with Crippen LogP contribution in [0.15, 0.2) is 30.3 Å². The monoisotopic (exact) mass is 228 g/mol. The molecular formula is C14H16N2O. The second-order valence-corrected chi connectivity index (χ2v) is 4.17. The summed E-state index contributed by atoms with van der Waals surface area (Å²) < 4.78 is 1.86. The van der Waals surface area contributed by atoms with Crippen molar-refractivity contribution in [3.8, 4) is 5.69 Å². The van der Waals surface area contributed by atoms with Crippen molar-refractivity contribution in [3.05, 3.63) is 47.3 Å². The maximum absolute atomic E-state index is 11.7. The van der Waals surface area contributed by atoms with Crippen LogP contribution >= 0.6 is 0 Å². The zero-order chi connectivity index (χ0) is 12.4. The number of aryl methyl sites for hydroxylation is 2. The Kier molecular flexibility index (Phi) is 3.09. The molecule has 0 aliphatic carbocycles. The SMILES string of the molecule is CCC(=O)c1cccc(-n2nc(C)cc2C)c1. The molecule has 17 heavy (non-hydrogen) atoms. The van der Waals surface area contributed by atoms with Gasteiger partial charge in [-0.3, -0.25) is 4.79 Å². The van der Waals surface area contributed by atoms with Crippen molar-refractivity contribution in [3.63, 3.8) is 0 Å². The Morgan fingerprint density at radius 1 is 1.29 bits per heavy atom. The van der Waals surface area contributed by atoms with Gasteiger partial charge in [0.15, 0.2) is 5.78 Å². The molecule has 0 radical (unpaired) electrons. The molecule has 1 aromatic carbocycles. The van der Waals surface area contributed by atoms with Gasteiger partial charge in [0, 0.05) is 17.7 Å². The fourth-order valence-corrected chi connectivity index (χ4v) is 1.91. The molecule has 88 valence electrons. The first-order valence-electron chi connectivity index (χ1n) is 5.78. The highest BCUT2D eigenvalue weighted by Crippen LogP contribution is 2.14. The summed E-state index contributed by atoms with van der Waals surface area (Å²) in [6, 6.07) is 9.63. The summed E-state index contributed by atoms with van der Waals surface area (Å²) >= 11 is 0. The molecule has 3 nitrogen and oxygen atoms in total. The van der Waals surface area contributed by atoms with Crippen molar-refractivity contribution < 1.29 is 4.79 Å². The molecule has 0 N–H and O–H groups in total. The molecule has 0 amide bonds. The van der Waals surface area contributed by atoms with Gasteiger partial charge in [0.25, 0.3) is 0 Å². The third-order valence-corrected chi connectivity index (χ3v) is 2.74. The molecule has 0 unspecified atom stereocenters. The lowest BCUT2D eigenvalue weighted by Crippen LogP contribution is -2.02. The molecule has 1 heterocycles. The highest BCUT2D eigenvalue weighted by molar-refractivity contribution is 5.96. The van der Waals surface area contributed by atoms with Crippen molar-refractivity contribution in [1.82, 2.24) is 9.78 Å². The van der Waals surface area contributed by atoms with E-state index in [9.17, 15) is 4.79 Å². The lowest BCUT2D eigenvalue weighted by molar-refractivity contribution is 0.0988. The molecule has 0 bridgehead atoms. The highest BCUT2D eigenvalue weighted by Gasteiger charge is 2.07. The molecule has 0 spiro atoms. The van der Waals surface area contributed by atoms with Gasteiger partial charge in [-0.15, -0.1) is 0 Å². The second kappa shape index (κ2) is 4.53. The number of benzene rings is 1. The van der Waals surface area contributed by atoms with Crippen molar-refractivity contribution >= 4 is 5.78 Å². The van der Waals surface area contributed by atoms with E-state index in [1.54, 1.807) is 0 Å². The predicted octanol–water partition coefficient (Wildman–Crippen LogP) is 3.08. The van der Waals surface area contributed by atoms with Crippen LogP contribution in [0.1, 0.15) is 35.1 Å². The number of Topliss-reactive ketones (excluding diaryl/α,β-unsaturated/α-hetero) is 1. The molecule has 0 atom stereocenters. The summed E-state index contributed by atoms with van der Waals surface area (Å²) in [6.07, 6.45) is 0.528. The zero-order valence-corrected chi connectivity index (χ0v) is 10.4. The average Bonchev–Trinajstić information content (AvgIpc) is 2.67. The van der Waals surface area contributed by atoms with Crippen LogP contribution in [0.3, 0.4) is 0 Å². The number of rotatable bonds is 3. The Balaban J connectivity index is 2.46. The minimum atomic E-state index is 0.161. The van der Waals surface area contributed by atoms with Crippen LogP contribution in [0.25, 0.3) is 5.69 Å². The number of hydrogen-bond donors (Lipinski definition) is 0. The summed E-state index contributed by atoms with van der Waals surface area (Å²) in [4.78, 5) is 11.7. The van der Waals surface area contributed by atoms with E-state index >= 15 is 0 Å². The maximum Gasteiger partial charge on any atom is 0.162 e. The van der Waals surface area contributed by atoms with Crippen LogP contribution in [0.5, 0.6) is 0 Å². The van der Waals surface area contributed by atoms with Gasteiger partial charge >= 0.3 is 0 Å². The van der Waals surface area contributed by atoms with Gasteiger partial charge in [-0.2, -0.15) is 5.10 Å². The van der Waals surface area contributed by atoms with Crippen LogP contribution in [0.2, 0.25) is 0 Å². The number of hydrogen-bond acceptors (Lipinski definition) is 2. The summed E-state index contributed by atoms with van der Waals surface area (Å²) in [5.74, 6) is 0.161. The number of carbonyl (C=O) groups excluding carboxylic acids is 1. The fraction of sp³-hybridized carbons (Fsp3) is 0.286. The Hall–Kier alpha value is -1.90. The quantitative estimate of drug-likeness (QED) is 0.757. The van der Waals surface area contributed by atoms with Gasteiger partial charge in [-0.1, -0.05) is 19.1 Å². The van der Waals surface area contributed by atoms with Crippen LogP contribution in [0.4, 0.5) is 0 Å². The lowest BCUT2D eigenvalue weighted by Gasteiger charge is -2.06. The third kappa shape index (κ3) is 2.28. The first-order valence-corrected chi connectivity index (χ1v) is 5.78. The molecule has 0 saturated heterocycles. The molecule has 2 rings (SSSR count). The minimum absolute atomic E-state index is 0.161. The number of ketones is 1. The molecule has 0 aliphatic heterocycles. The lowest BCUT2D eigenvalue weighted by atomic mass is 10.1. The summed E-state index contributed by atoms with van der Waals surface area (Å²) in [5.41, 5.74) is 3.74. The van der Waals surface area contributed by atoms with E-state index in [2.05, 4.69) is 5.10 Å². The summed E-state index contributed by atoms with van der Waals surface area (Å²) in [5, 5.41) is 4.41. The van der Waals surface area contributed by atoms with E-state index < -0.39 is 0 Å². The largest absolute Gasteiger partial charge is 0.294 e. The molecular weight excluding hydrogens is 212 g/mol. The topological polar surface area (TPSA) is 34.9 Å². The molecule has 0 aliphatic rings. The second-order valence-electron chi connectivity index (χ2n) is 4.17. The molecule has 2 aromatic rings. The standard InChI is InChI=1S/C14H16N2O/c1-4-14(17)12-6-5-7-13(9-12)16-11(3)8-10(2)15-16/h5-9H,4H2,1-3H3. The average molecular weight is 228 g/mol. The van der Waals surface area contributed by atoms with E-state index in [4.69, 9.17) is 0 Å². The molecule has 1 aromatic heterocycles. The van der Waals surface area contributed by atoms with Crippen molar-refractivity contribution in [2.75, 3.05) is 0 Å². The van der Waals surface area contributed by atoms with E-state index in [-0.39, 0.29) is 5.78 Å². The number of nitrogens with zero attached hydrogens (tertiary/aromatic N) is 2. The first kappa shape index (κ1) is 11.6. The maximum atomic E-state index is 11.7. The number of carbonyl (C=O) groups is 1. The van der Waals surface area contributed by atoms with Gasteiger partial charge in [0.2, 0.25) is 0 Å². The van der Waals surface area contributed by atoms with Gasteiger partial charge < -0.3 is 0 Å². The van der Waals surface area contributed by atoms with Gasteiger partial charge in [0.1, 0.15) is 0 Å². The summed E-state index contributed by atoms with van der Waals surface area (Å²) in [6.45, 7) is 5.84. The van der Waals surface area contributed by atoms with E-state index in [0.717, 1.165) is 22.6 Å². The van der Waals surface area contributed by atoms with Gasteiger partial charge in [-0.05, 0) is 32.0 Å². The fourth-order valence-electron chi connectivity index (χ4n) is 1.91. The third-order valence-electron chi connectivity index (χ3n) is 2.74. The number of aromatic nitrogens is 2. The Morgan fingerprint density at radius 3 is 2.65 bits per heavy atom. The van der Waals surface area contributed by atoms with E-state index in [0.29, 0.717) is 6.42 Å². The minimum Gasteiger partial charge on any atom is -0.294 e. The van der Waals surface area contributed by atoms with Crippen molar-refractivity contribution in [2.45, 2.75) is 27.2 Å². The predicted molar refractivity (Wildman–Crippen MR) is 67.7 cm³/mol. The normalized spacial score (nSPS) is 10.5. The molecule has 0 saturated carbocycles. The van der Waals surface area contributed by atoms with Crippen LogP contribution < -0.4 is 0 Å². The Bertz CT molecular complexity index is 555.